The minimum absolute atomic E-state index is 0.0359. The van der Waals surface area contributed by atoms with Crippen LogP contribution in [0, 0.1) is 5.41 Å². The lowest BCUT2D eigenvalue weighted by Crippen LogP contribution is -2.28. The van der Waals surface area contributed by atoms with E-state index in [9.17, 15) is 14.7 Å². The van der Waals surface area contributed by atoms with E-state index in [1.165, 1.54) is 30.7 Å². The Bertz CT molecular complexity index is 883. The van der Waals surface area contributed by atoms with Gasteiger partial charge in [-0.2, -0.15) is 0 Å². The number of allylic oxidation sites excluding steroid dienone is 2. The highest BCUT2D eigenvalue weighted by Gasteiger charge is 2.34. The summed E-state index contributed by atoms with van der Waals surface area (Å²) in [6.45, 7) is 1.50. The number of carboxylic acid groups (broad SMARTS) is 2. The largest absolute Gasteiger partial charge is 0.508 e. The summed E-state index contributed by atoms with van der Waals surface area (Å²) in [7, 11) is 0. The second kappa shape index (κ2) is 9.55. The number of aliphatic carboxylic acids is 2. The van der Waals surface area contributed by atoms with Crippen LogP contribution in [0.25, 0.3) is 0 Å². The molecule has 0 aliphatic heterocycles. The number of aromatic hydroxyl groups is 1. The molecule has 0 fully saturated rings. The maximum Gasteiger partial charge on any atom is 0.331 e. The normalized spacial score (nSPS) is 17.8. The van der Waals surface area contributed by atoms with Gasteiger partial charge in [0.15, 0.2) is 0 Å². The highest BCUT2D eigenvalue weighted by atomic mass is 16.4. The molecule has 0 bridgehead atoms. The lowest BCUT2D eigenvalue weighted by atomic mass is 9.80. The van der Waals surface area contributed by atoms with Crippen molar-refractivity contribution < 1.29 is 24.9 Å². The summed E-state index contributed by atoms with van der Waals surface area (Å²) >= 11 is 0. The lowest BCUT2D eigenvalue weighted by Gasteiger charge is -2.23. The van der Waals surface area contributed by atoms with Crippen LogP contribution >= 0.6 is 0 Å². The summed E-state index contributed by atoms with van der Waals surface area (Å²) in [5.74, 6) is -1.67. The van der Waals surface area contributed by atoms with Crippen molar-refractivity contribution in [1.82, 2.24) is 0 Å². The van der Waals surface area contributed by atoms with E-state index in [-0.39, 0.29) is 12.0 Å². The van der Waals surface area contributed by atoms with Crippen LogP contribution in [0.1, 0.15) is 24.5 Å². The van der Waals surface area contributed by atoms with E-state index >= 15 is 0 Å². The van der Waals surface area contributed by atoms with Gasteiger partial charge in [-0.1, -0.05) is 66.8 Å². The van der Waals surface area contributed by atoms with Crippen molar-refractivity contribution in [3.8, 4) is 5.75 Å². The van der Waals surface area contributed by atoms with E-state index < -0.39 is 17.4 Å². The first-order valence-corrected chi connectivity index (χ1v) is 8.98. The van der Waals surface area contributed by atoms with Crippen LogP contribution in [0.15, 0.2) is 78.4 Å². The van der Waals surface area contributed by atoms with Gasteiger partial charge in [0.05, 0.1) is 5.41 Å². The van der Waals surface area contributed by atoms with Crippen molar-refractivity contribution in [2.45, 2.75) is 26.2 Å². The van der Waals surface area contributed by atoms with Gasteiger partial charge in [-0.05, 0) is 43.4 Å². The van der Waals surface area contributed by atoms with E-state index in [1.54, 1.807) is 6.07 Å². The highest BCUT2D eigenvalue weighted by Crippen LogP contribution is 2.31. The van der Waals surface area contributed by atoms with Gasteiger partial charge in [-0.15, -0.1) is 0 Å². The number of carbonyl (C=O) groups is 2. The molecule has 0 spiro atoms. The van der Waals surface area contributed by atoms with Crippen LogP contribution in [0.4, 0.5) is 0 Å². The van der Waals surface area contributed by atoms with Gasteiger partial charge in [-0.3, -0.25) is 4.79 Å². The summed E-state index contributed by atoms with van der Waals surface area (Å²) in [4.78, 5) is 21.3. The third-order valence-corrected chi connectivity index (χ3v) is 4.60. The smallest absolute Gasteiger partial charge is 0.331 e. The summed E-state index contributed by atoms with van der Waals surface area (Å²) in [5.41, 5.74) is 1.37. The molecule has 146 valence electrons. The number of rotatable bonds is 5. The van der Waals surface area contributed by atoms with Crippen LogP contribution in [-0.2, 0) is 22.4 Å². The molecule has 0 heterocycles. The molecule has 1 atom stereocenters. The van der Waals surface area contributed by atoms with Gasteiger partial charge in [0.25, 0.3) is 0 Å². The van der Waals surface area contributed by atoms with Crippen LogP contribution in [0.3, 0.4) is 0 Å². The van der Waals surface area contributed by atoms with Gasteiger partial charge >= 0.3 is 11.9 Å². The number of carboxylic acids is 2. The predicted octanol–water partition coefficient (Wildman–Crippen LogP) is 4.23. The molecular formula is C23H24O5. The third kappa shape index (κ3) is 5.84. The maximum absolute atomic E-state index is 10.8. The topological polar surface area (TPSA) is 94.8 Å². The molecule has 1 aliphatic rings. The van der Waals surface area contributed by atoms with Crippen LogP contribution in [0.2, 0.25) is 0 Å². The van der Waals surface area contributed by atoms with E-state index in [2.05, 4.69) is 12.1 Å². The number of hydrogen-bond donors (Lipinski definition) is 3. The minimum Gasteiger partial charge on any atom is -0.508 e. The second-order valence-corrected chi connectivity index (χ2v) is 6.87. The Morgan fingerprint density at radius 3 is 2.21 bits per heavy atom. The molecule has 28 heavy (non-hydrogen) atoms. The molecule has 2 aromatic carbocycles. The van der Waals surface area contributed by atoms with Gasteiger partial charge in [0, 0.05) is 5.57 Å². The molecule has 0 amide bonds. The Labute approximate surface area is 164 Å². The standard InChI is InChI=1S/C14H14O.C9H10O4/c15-14-9-5-4-8-13(14)11-10-12-6-2-1-3-7-12;1-9(8(12)13)4-2-3-6(5-9)7(10)11/h1-9,15H,10-11H2;2-4H,5H2,1H3,(H,10,11)(H,12,13). The van der Waals surface area contributed by atoms with Crippen molar-refractivity contribution in [1.29, 1.82) is 0 Å². The monoisotopic (exact) mass is 380 g/mol. The maximum atomic E-state index is 10.8. The zero-order valence-electron chi connectivity index (χ0n) is 15.7. The van der Waals surface area contributed by atoms with Crippen molar-refractivity contribution in [3.63, 3.8) is 0 Å². The Kier molecular flexibility index (Phi) is 7.15. The molecule has 1 unspecified atom stereocenters. The lowest BCUT2D eigenvalue weighted by molar-refractivity contribution is -0.145. The number of phenolic OH excluding ortho intramolecular Hbond substituents is 1. The van der Waals surface area contributed by atoms with E-state index in [0.717, 1.165) is 18.4 Å². The summed E-state index contributed by atoms with van der Waals surface area (Å²) in [5, 5.41) is 27.1. The Morgan fingerprint density at radius 1 is 0.964 bits per heavy atom. The second-order valence-electron chi connectivity index (χ2n) is 6.87. The molecule has 1 aliphatic carbocycles. The van der Waals surface area contributed by atoms with Crippen molar-refractivity contribution in [3.05, 3.63) is 89.5 Å². The fourth-order valence-electron chi connectivity index (χ4n) is 2.83. The Balaban J connectivity index is 0.000000203. The molecule has 0 aromatic heterocycles. The summed E-state index contributed by atoms with van der Waals surface area (Å²) in [6, 6.07) is 17.8. The SMILES string of the molecule is CC1(C(=O)O)C=CC=C(C(=O)O)C1.Oc1ccccc1CCc1ccccc1. The quantitative estimate of drug-likeness (QED) is 0.722. The van der Waals surface area contributed by atoms with Gasteiger partial charge in [-0.25, -0.2) is 4.79 Å². The predicted molar refractivity (Wildman–Crippen MR) is 107 cm³/mol. The molecular weight excluding hydrogens is 356 g/mol. The number of phenols is 1. The summed E-state index contributed by atoms with van der Waals surface area (Å²) < 4.78 is 0. The van der Waals surface area contributed by atoms with Crippen LogP contribution < -0.4 is 0 Å². The van der Waals surface area contributed by atoms with Gasteiger partial charge in [0.1, 0.15) is 5.75 Å². The average molecular weight is 380 g/mol. The van der Waals surface area contributed by atoms with E-state index in [1.807, 2.05) is 36.4 Å². The van der Waals surface area contributed by atoms with Crippen molar-refractivity contribution in [2.24, 2.45) is 5.41 Å². The van der Waals surface area contributed by atoms with Crippen molar-refractivity contribution in [2.75, 3.05) is 0 Å². The van der Waals surface area contributed by atoms with Crippen molar-refractivity contribution >= 4 is 11.9 Å². The molecule has 3 rings (SSSR count). The summed E-state index contributed by atoms with van der Waals surface area (Å²) in [6.07, 6.45) is 6.29. The molecule has 3 N–H and O–H groups in total. The number of hydrogen-bond acceptors (Lipinski definition) is 3. The van der Waals surface area contributed by atoms with Crippen LogP contribution in [0.5, 0.6) is 5.75 Å². The van der Waals surface area contributed by atoms with E-state index in [4.69, 9.17) is 10.2 Å². The van der Waals surface area contributed by atoms with E-state index in [0.29, 0.717) is 5.75 Å². The first-order valence-electron chi connectivity index (χ1n) is 8.98. The molecule has 0 saturated carbocycles. The Morgan fingerprint density at radius 2 is 1.61 bits per heavy atom. The minimum atomic E-state index is -1.08. The molecule has 2 aromatic rings. The fourth-order valence-corrected chi connectivity index (χ4v) is 2.83. The van der Waals surface area contributed by atoms with Crippen LogP contribution in [-0.4, -0.2) is 27.3 Å². The average Bonchev–Trinajstić information content (AvgIpc) is 2.68. The highest BCUT2D eigenvalue weighted by molar-refractivity contribution is 5.90. The zero-order chi connectivity index (χ0) is 20.6. The number of benzene rings is 2. The van der Waals surface area contributed by atoms with Gasteiger partial charge < -0.3 is 15.3 Å². The molecule has 5 heteroatoms. The van der Waals surface area contributed by atoms with Gasteiger partial charge in [0.2, 0.25) is 0 Å². The first kappa shape index (κ1) is 21.0. The number of para-hydroxylation sites is 1. The Hall–Kier alpha value is -3.34. The zero-order valence-corrected chi connectivity index (χ0v) is 15.7. The molecule has 0 radical (unpaired) electrons. The fraction of sp³-hybridized carbons (Fsp3) is 0.217. The molecule has 0 saturated heterocycles. The molecule has 5 nitrogen and oxygen atoms in total. The third-order valence-electron chi connectivity index (χ3n) is 4.60. The first-order chi connectivity index (χ1) is 13.3. The number of aryl methyl sites for hydroxylation is 2.